The number of hydrogen-bond donors (Lipinski definition) is 2. The van der Waals surface area contributed by atoms with E-state index in [4.69, 9.17) is 11.6 Å². The molecule has 2 N–H and O–H groups in total. The van der Waals surface area contributed by atoms with Gasteiger partial charge in [0.1, 0.15) is 5.82 Å². The quantitative estimate of drug-likeness (QED) is 0.674. The Bertz CT molecular complexity index is 977. The van der Waals surface area contributed by atoms with Gasteiger partial charge in [-0.1, -0.05) is 48.0 Å². The fourth-order valence-corrected chi connectivity index (χ4v) is 2.64. The van der Waals surface area contributed by atoms with Gasteiger partial charge >= 0.3 is 0 Å². The maximum atomic E-state index is 13.2. The van der Waals surface area contributed by atoms with E-state index in [0.29, 0.717) is 23.4 Å². The fraction of sp³-hybridized carbons (Fsp3) is 0.0476. The Morgan fingerprint density at radius 1 is 0.852 bits per heavy atom. The summed E-state index contributed by atoms with van der Waals surface area (Å²) in [7, 11) is 0. The highest BCUT2D eigenvalue weighted by molar-refractivity contribution is 6.31. The molecule has 0 atom stereocenters. The van der Waals surface area contributed by atoms with Crippen molar-refractivity contribution in [3.8, 4) is 0 Å². The largest absolute Gasteiger partial charge is 0.348 e. The van der Waals surface area contributed by atoms with Crippen LogP contribution in [0.5, 0.6) is 0 Å². The van der Waals surface area contributed by atoms with Crippen molar-refractivity contribution in [3.05, 3.63) is 100 Å². The van der Waals surface area contributed by atoms with Gasteiger partial charge in [0.05, 0.1) is 5.02 Å². The molecule has 0 spiro atoms. The lowest BCUT2D eigenvalue weighted by Crippen LogP contribution is -2.23. The summed E-state index contributed by atoms with van der Waals surface area (Å²) in [6, 6.07) is 19.8. The van der Waals surface area contributed by atoms with Crippen LogP contribution in [-0.4, -0.2) is 11.8 Å². The van der Waals surface area contributed by atoms with Crippen molar-refractivity contribution in [2.24, 2.45) is 0 Å². The van der Waals surface area contributed by atoms with Crippen molar-refractivity contribution in [1.82, 2.24) is 5.32 Å². The van der Waals surface area contributed by atoms with Crippen LogP contribution in [0.15, 0.2) is 72.8 Å². The third-order valence-corrected chi connectivity index (χ3v) is 4.15. The van der Waals surface area contributed by atoms with E-state index in [2.05, 4.69) is 10.6 Å². The molecule has 0 saturated heterocycles. The third kappa shape index (κ3) is 4.92. The monoisotopic (exact) mass is 382 g/mol. The molecule has 3 rings (SSSR count). The molecule has 4 nitrogen and oxygen atoms in total. The Morgan fingerprint density at radius 2 is 1.56 bits per heavy atom. The van der Waals surface area contributed by atoms with Crippen molar-refractivity contribution in [2.75, 3.05) is 5.32 Å². The first-order valence-corrected chi connectivity index (χ1v) is 8.59. The molecule has 0 fully saturated rings. The molecule has 3 aromatic rings. The van der Waals surface area contributed by atoms with E-state index in [1.165, 1.54) is 24.3 Å². The van der Waals surface area contributed by atoms with Crippen molar-refractivity contribution < 1.29 is 14.0 Å². The van der Waals surface area contributed by atoms with Crippen LogP contribution >= 0.6 is 11.6 Å². The lowest BCUT2D eigenvalue weighted by atomic mass is 10.1. The molecule has 0 aromatic heterocycles. The van der Waals surface area contributed by atoms with E-state index in [-0.39, 0.29) is 10.9 Å². The standard InChI is InChI=1S/C21H16ClFN2O2/c22-18-12-17(9-10-19(18)23)25-21(27)16-8-4-7-15(11-16)20(26)24-13-14-5-2-1-3-6-14/h1-12H,13H2,(H,24,26)(H,25,27). The second-order valence-corrected chi connectivity index (χ2v) is 6.24. The zero-order valence-electron chi connectivity index (χ0n) is 14.2. The summed E-state index contributed by atoms with van der Waals surface area (Å²) in [6.07, 6.45) is 0. The molecule has 6 heteroatoms. The van der Waals surface area contributed by atoms with Crippen LogP contribution in [0, 0.1) is 5.82 Å². The molecule has 0 aliphatic rings. The van der Waals surface area contributed by atoms with Crippen LogP contribution in [0.1, 0.15) is 26.3 Å². The van der Waals surface area contributed by atoms with E-state index >= 15 is 0 Å². The highest BCUT2D eigenvalue weighted by Crippen LogP contribution is 2.20. The van der Waals surface area contributed by atoms with E-state index < -0.39 is 11.7 Å². The number of benzene rings is 3. The molecule has 0 bridgehead atoms. The van der Waals surface area contributed by atoms with Crippen molar-refractivity contribution >= 4 is 29.1 Å². The van der Waals surface area contributed by atoms with Gasteiger partial charge in [0.2, 0.25) is 0 Å². The number of amides is 2. The Kier molecular flexibility index (Phi) is 5.84. The van der Waals surface area contributed by atoms with Gasteiger partial charge in [-0.3, -0.25) is 9.59 Å². The molecule has 0 radical (unpaired) electrons. The van der Waals surface area contributed by atoms with Gasteiger partial charge in [-0.05, 0) is 42.0 Å². The van der Waals surface area contributed by atoms with Crippen LogP contribution in [0.25, 0.3) is 0 Å². The first kappa shape index (κ1) is 18.6. The SMILES string of the molecule is O=C(NCc1ccccc1)c1cccc(C(=O)Nc2ccc(F)c(Cl)c2)c1. The molecule has 0 heterocycles. The van der Waals surface area contributed by atoms with Crippen molar-refractivity contribution in [1.29, 1.82) is 0 Å². The smallest absolute Gasteiger partial charge is 0.255 e. The summed E-state index contributed by atoms with van der Waals surface area (Å²) < 4.78 is 13.2. The molecule has 27 heavy (non-hydrogen) atoms. The normalized spacial score (nSPS) is 10.3. The molecule has 0 unspecified atom stereocenters. The minimum atomic E-state index is -0.563. The number of hydrogen-bond acceptors (Lipinski definition) is 2. The van der Waals surface area contributed by atoms with E-state index in [9.17, 15) is 14.0 Å². The highest BCUT2D eigenvalue weighted by atomic mass is 35.5. The summed E-state index contributed by atoms with van der Waals surface area (Å²) in [5.74, 6) is -1.26. The fourth-order valence-electron chi connectivity index (χ4n) is 2.46. The first-order valence-electron chi connectivity index (χ1n) is 8.21. The average Bonchev–Trinajstić information content (AvgIpc) is 2.70. The number of rotatable bonds is 5. The summed E-state index contributed by atoms with van der Waals surface area (Å²) in [5, 5.41) is 5.36. The number of halogens is 2. The lowest BCUT2D eigenvalue weighted by molar-refractivity contribution is 0.0951. The number of carbonyl (C=O) groups is 2. The van der Waals surface area contributed by atoms with Gasteiger partial charge in [-0.2, -0.15) is 0 Å². The average molecular weight is 383 g/mol. The molecule has 0 saturated carbocycles. The maximum Gasteiger partial charge on any atom is 0.255 e. The highest BCUT2D eigenvalue weighted by Gasteiger charge is 2.11. The van der Waals surface area contributed by atoms with Crippen LogP contribution < -0.4 is 10.6 Å². The van der Waals surface area contributed by atoms with Gasteiger partial charge in [-0.25, -0.2) is 4.39 Å². The molecule has 0 aliphatic carbocycles. The Hall–Kier alpha value is -3.18. The van der Waals surface area contributed by atoms with E-state index in [1.54, 1.807) is 18.2 Å². The number of carbonyl (C=O) groups excluding carboxylic acids is 2. The Balaban J connectivity index is 1.67. The minimum Gasteiger partial charge on any atom is -0.348 e. The molecule has 3 aromatic carbocycles. The van der Waals surface area contributed by atoms with Gasteiger partial charge in [-0.15, -0.1) is 0 Å². The summed E-state index contributed by atoms with van der Waals surface area (Å²) in [5.41, 5.74) is 2.02. The Morgan fingerprint density at radius 3 is 2.26 bits per heavy atom. The van der Waals surface area contributed by atoms with Crippen LogP contribution in [0.3, 0.4) is 0 Å². The predicted octanol–water partition coefficient (Wildman–Crippen LogP) is 4.66. The van der Waals surface area contributed by atoms with Crippen LogP contribution in [-0.2, 0) is 6.54 Å². The van der Waals surface area contributed by atoms with Crippen molar-refractivity contribution in [3.63, 3.8) is 0 Å². The molecule has 0 aliphatic heterocycles. The predicted molar refractivity (Wildman–Crippen MR) is 103 cm³/mol. The number of nitrogens with one attached hydrogen (secondary N) is 2. The van der Waals surface area contributed by atoms with E-state index in [1.807, 2.05) is 30.3 Å². The first-order chi connectivity index (χ1) is 13.0. The van der Waals surface area contributed by atoms with Gasteiger partial charge in [0.25, 0.3) is 11.8 Å². The third-order valence-electron chi connectivity index (χ3n) is 3.86. The summed E-state index contributed by atoms with van der Waals surface area (Å²) >= 11 is 5.72. The second-order valence-electron chi connectivity index (χ2n) is 5.83. The minimum absolute atomic E-state index is 0.0816. The summed E-state index contributed by atoms with van der Waals surface area (Å²) in [6.45, 7) is 0.393. The topological polar surface area (TPSA) is 58.2 Å². The molecular weight excluding hydrogens is 367 g/mol. The van der Waals surface area contributed by atoms with Crippen molar-refractivity contribution in [2.45, 2.75) is 6.54 Å². The van der Waals surface area contributed by atoms with Crippen LogP contribution in [0.4, 0.5) is 10.1 Å². The van der Waals surface area contributed by atoms with Gasteiger partial charge in [0.15, 0.2) is 0 Å². The maximum absolute atomic E-state index is 13.2. The number of anilines is 1. The van der Waals surface area contributed by atoms with Crippen LogP contribution in [0.2, 0.25) is 5.02 Å². The van der Waals surface area contributed by atoms with Gasteiger partial charge < -0.3 is 10.6 Å². The molecule has 2 amide bonds. The van der Waals surface area contributed by atoms with E-state index in [0.717, 1.165) is 5.56 Å². The lowest BCUT2D eigenvalue weighted by Gasteiger charge is -2.09. The molecular formula is C21H16ClFN2O2. The second kappa shape index (κ2) is 8.47. The molecule has 136 valence electrons. The summed E-state index contributed by atoms with van der Waals surface area (Å²) in [4.78, 5) is 24.7. The zero-order valence-corrected chi connectivity index (χ0v) is 15.0. The van der Waals surface area contributed by atoms with Gasteiger partial charge in [0, 0.05) is 23.4 Å². The Labute approximate surface area is 161 Å². The zero-order chi connectivity index (χ0) is 19.2.